The van der Waals surface area contributed by atoms with Crippen molar-refractivity contribution in [1.82, 2.24) is 4.90 Å². The quantitative estimate of drug-likeness (QED) is 0.645. The largest absolute Gasteiger partial charge is 0.342 e. The number of amides is 2. The van der Waals surface area contributed by atoms with Crippen LogP contribution in [0.1, 0.15) is 72.1 Å². The zero-order chi connectivity index (χ0) is 22.2. The van der Waals surface area contributed by atoms with E-state index in [0.29, 0.717) is 36.5 Å². The Balaban J connectivity index is 1.50. The number of ketones is 1. The van der Waals surface area contributed by atoms with E-state index < -0.39 is 5.41 Å². The highest BCUT2D eigenvalue weighted by Crippen LogP contribution is 2.40. The third-order valence-corrected chi connectivity index (χ3v) is 8.25. The van der Waals surface area contributed by atoms with Gasteiger partial charge in [0.1, 0.15) is 5.00 Å². The van der Waals surface area contributed by atoms with E-state index in [4.69, 9.17) is 0 Å². The van der Waals surface area contributed by atoms with Crippen LogP contribution >= 0.6 is 22.7 Å². The summed E-state index contributed by atoms with van der Waals surface area (Å²) in [5.41, 5.74) is 1.44. The Bertz CT molecular complexity index is 977. The minimum atomic E-state index is -0.401. The number of rotatable bonds is 4. The Labute approximate surface area is 191 Å². The van der Waals surface area contributed by atoms with Crippen LogP contribution < -0.4 is 5.32 Å². The monoisotopic (exact) mass is 458 g/mol. The predicted octanol–water partition coefficient (Wildman–Crippen LogP) is 5.14. The van der Waals surface area contributed by atoms with Crippen LogP contribution in [0.5, 0.6) is 0 Å². The normalized spacial score (nSPS) is 17.3. The molecule has 0 spiro atoms. The fourth-order valence-electron chi connectivity index (χ4n) is 4.46. The van der Waals surface area contributed by atoms with E-state index in [1.165, 1.54) is 16.2 Å². The van der Waals surface area contributed by atoms with E-state index in [0.717, 1.165) is 36.1 Å². The lowest BCUT2D eigenvalue weighted by Gasteiger charge is -2.35. The lowest BCUT2D eigenvalue weighted by Crippen LogP contribution is -2.45. The number of anilines is 1. The first-order valence-corrected chi connectivity index (χ1v) is 12.8. The topological polar surface area (TPSA) is 66.5 Å². The molecule has 1 aliphatic heterocycles. The number of carbonyl (C=O) groups is 3. The summed E-state index contributed by atoms with van der Waals surface area (Å²) in [6.45, 7) is 7.00. The van der Waals surface area contributed by atoms with Gasteiger partial charge in [-0.25, -0.2) is 0 Å². The fraction of sp³-hybridized carbons (Fsp3) is 0.542. The molecule has 1 N–H and O–H groups in total. The van der Waals surface area contributed by atoms with Gasteiger partial charge in [0, 0.05) is 29.3 Å². The van der Waals surface area contributed by atoms with Crippen LogP contribution in [0, 0.1) is 11.3 Å². The highest BCUT2D eigenvalue weighted by molar-refractivity contribution is 7.17. The Hall–Kier alpha value is -1.99. The molecule has 1 saturated heterocycles. The molecule has 2 aromatic rings. The maximum Gasteiger partial charge on any atom is 0.228 e. The molecule has 0 aromatic carbocycles. The van der Waals surface area contributed by atoms with Crippen molar-refractivity contribution in [2.24, 2.45) is 11.3 Å². The smallest absolute Gasteiger partial charge is 0.228 e. The molecule has 4 rings (SSSR count). The summed E-state index contributed by atoms with van der Waals surface area (Å²) in [4.78, 5) is 42.7. The second-order valence-electron chi connectivity index (χ2n) is 9.53. The number of hydrogen-bond donors (Lipinski definition) is 1. The zero-order valence-corrected chi connectivity index (χ0v) is 20.1. The minimum absolute atomic E-state index is 0.0234. The fourth-order valence-corrected chi connectivity index (χ4v) is 6.42. The molecule has 2 aromatic heterocycles. The number of thiophene rings is 2. The average molecular weight is 459 g/mol. The molecule has 0 saturated carbocycles. The van der Waals surface area contributed by atoms with Gasteiger partial charge in [-0.2, -0.15) is 0 Å². The van der Waals surface area contributed by atoms with Gasteiger partial charge in [0.2, 0.25) is 17.6 Å². The van der Waals surface area contributed by atoms with Crippen molar-refractivity contribution >= 4 is 45.3 Å². The Morgan fingerprint density at radius 2 is 1.81 bits per heavy atom. The van der Waals surface area contributed by atoms with Crippen LogP contribution in [-0.2, 0) is 22.4 Å². The standard InChI is InChI=1S/C24H30N2O3S2/c1-24(2,3)23(29)26-12-10-15(11-13-26)21(28)25-22-19(20(27)18-9-6-14-30-18)16-7-4-5-8-17(16)31-22/h6,9,14-15H,4-5,7-8,10-13H2,1-3H3,(H,25,28). The first kappa shape index (κ1) is 22.2. The molecule has 0 bridgehead atoms. The summed E-state index contributed by atoms with van der Waals surface area (Å²) in [6.07, 6.45) is 5.42. The lowest BCUT2D eigenvalue weighted by molar-refractivity contribution is -0.142. The Kier molecular flexibility index (Phi) is 6.35. The van der Waals surface area contributed by atoms with E-state index in [9.17, 15) is 14.4 Å². The van der Waals surface area contributed by atoms with Gasteiger partial charge in [0.05, 0.1) is 10.4 Å². The maximum atomic E-state index is 13.3. The summed E-state index contributed by atoms with van der Waals surface area (Å²) in [6, 6.07) is 3.75. The molecule has 3 heterocycles. The molecule has 1 fully saturated rings. The predicted molar refractivity (Wildman–Crippen MR) is 126 cm³/mol. The third kappa shape index (κ3) is 4.62. The van der Waals surface area contributed by atoms with Gasteiger partial charge in [-0.1, -0.05) is 26.8 Å². The van der Waals surface area contributed by atoms with Gasteiger partial charge in [-0.3, -0.25) is 14.4 Å². The molecule has 0 radical (unpaired) electrons. The first-order chi connectivity index (χ1) is 14.8. The summed E-state index contributed by atoms with van der Waals surface area (Å²) >= 11 is 3.02. The third-order valence-electron chi connectivity index (χ3n) is 6.17. The summed E-state index contributed by atoms with van der Waals surface area (Å²) < 4.78 is 0. The lowest BCUT2D eigenvalue weighted by atomic mass is 9.90. The molecule has 0 atom stereocenters. The van der Waals surface area contributed by atoms with Crippen LogP contribution in [-0.4, -0.2) is 35.6 Å². The van der Waals surface area contributed by atoms with Gasteiger partial charge >= 0.3 is 0 Å². The maximum absolute atomic E-state index is 13.3. The van der Waals surface area contributed by atoms with Crippen LogP contribution in [0.2, 0.25) is 0 Å². The van der Waals surface area contributed by atoms with Crippen molar-refractivity contribution in [3.63, 3.8) is 0 Å². The number of hydrogen-bond acceptors (Lipinski definition) is 5. The molecular weight excluding hydrogens is 428 g/mol. The Morgan fingerprint density at radius 3 is 2.45 bits per heavy atom. The number of aryl methyl sites for hydroxylation is 1. The number of nitrogens with zero attached hydrogens (tertiary/aromatic N) is 1. The van der Waals surface area contributed by atoms with Crippen molar-refractivity contribution in [2.45, 2.75) is 59.3 Å². The van der Waals surface area contributed by atoms with Crippen LogP contribution in [0.15, 0.2) is 17.5 Å². The van der Waals surface area contributed by atoms with Crippen molar-refractivity contribution < 1.29 is 14.4 Å². The Morgan fingerprint density at radius 1 is 1.10 bits per heavy atom. The molecule has 31 heavy (non-hydrogen) atoms. The molecular formula is C24H30N2O3S2. The SMILES string of the molecule is CC(C)(C)C(=O)N1CCC(C(=O)Nc2sc3c(c2C(=O)c2cccs2)CCCC3)CC1. The summed E-state index contributed by atoms with van der Waals surface area (Å²) in [7, 11) is 0. The van der Waals surface area contributed by atoms with E-state index in [1.54, 1.807) is 11.3 Å². The van der Waals surface area contributed by atoms with E-state index in [1.807, 2.05) is 43.2 Å². The van der Waals surface area contributed by atoms with Crippen LogP contribution in [0.4, 0.5) is 5.00 Å². The summed E-state index contributed by atoms with van der Waals surface area (Å²) in [5.74, 6) is 0.00549. The second-order valence-corrected chi connectivity index (χ2v) is 11.6. The molecule has 7 heteroatoms. The zero-order valence-electron chi connectivity index (χ0n) is 18.5. The molecule has 5 nitrogen and oxygen atoms in total. The first-order valence-electron chi connectivity index (χ1n) is 11.1. The van der Waals surface area contributed by atoms with Crippen LogP contribution in [0.25, 0.3) is 0 Å². The number of fused-ring (bicyclic) bond motifs is 1. The van der Waals surface area contributed by atoms with Gasteiger partial charge in [0.25, 0.3) is 0 Å². The summed E-state index contributed by atoms with van der Waals surface area (Å²) in [5, 5.41) is 5.74. The molecule has 166 valence electrons. The van der Waals surface area contributed by atoms with E-state index >= 15 is 0 Å². The number of nitrogens with one attached hydrogen (secondary N) is 1. The van der Waals surface area contributed by atoms with Crippen LogP contribution in [0.3, 0.4) is 0 Å². The molecule has 2 amide bonds. The van der Waals surface area contributed by atoms with E-state index in [2.05, 4.69) is 5.32 Å². The highest BCUT2D eigenvalue weighted by Gasteiger charge is 2.34. The van der Waals surface area contributed by atoms with Crippen molar-refractivity contribution in [1.29, 1.82) is 0 Å². The van der Waals surface area contributed by atoms with Gasteiger partial charge in [-0.15, -0.1) is 22.7 Å². The molecule has 0 unspecified atom stereocenters. The second kappa shape index (κ2) is 8.87. The number of piperidine rings is 1. The van der Waals surface area contributed by atoms with Crippen molar-refractivity contribution in [3.05, 3.63) is 38.4 Å². The molecule has 1 aliphatic carbocycles. The van der Waals surface area contributed by atoms with Crippen molar-refractivity contribution in [2.75, 3.05) is 18.4 Å². The van der Waals surface area contributed by atoms with Gasteiger partial charge in [-0.05, 0) is 55.5 Å². The number of carbonyl (C=O) groups excluding carboxylic acids is 3. The minimum Gasteiger partial charge on any atom is -0.342 e. The van der Waals surface area contributed by atoms with Crippen molar-refractivity contribution in [3.8, 4) is 0 Å². The van der Waals surface area contributed by atoms with Gasteiger partial charge in [0.15, 0.2) is 0 Å². The highest BCUT2D eigenvalue weighted by atomic mass is 32.1. The number of likely N-dealkylation sites (tertiary alicyclic amines) is 1. The van der Waals surface area contributed by atoms with E-state index in [-0.39, 0.29) is 23.5 Å². The van der Waals surface area contributed by atoms with Gasteiger partial charge < -0.3 is 10.2 Å². The average Bonchev–Trinajstić information content (AvgIpc) is 3.40. The molecule has 2 aliphatic rings.